The molecule has 2 unspecified atom stereocenters. The van der Waals surface area contributed by atoms with E-state index in [9.17, 15) is 0 Å². The normalized spacial score (nSPS) is 33.0. The number of hydrogen-bond donors (Lipinski definition) is 1. The second kappa shape index (κ2) is 2.44. The zero-order valence-electron chi connectivity index (χ0n) is 5.00. The molecule has 0 aromatic carbocycles. The summed E-state index contributed by atoms with van der Waals surface area (Å²) in [6, 6.07) is 0.126. The lowest BCUT2D eigenvalue weighted by Gasteiger charge is -2.10. The summed E-state index contributed by atoms with van der Waals surface area (Å²) in [5, 5.41) is 3.98. The summed E-state index contributed by atoms with van der Waals surface area (Å²) in [5.41, 5.74) is 5.51. The zero-order valence-corrected chi connectivity index (χ0v) is 5.00. The van der Waals surface area contributed by atoms with Crippen LogP contribution in [0, 0.1) is 0 Å². The minimum Gasteiger partial charge on any atom is -0.359 e. The predicted molar refractivity (Wildman–Crippen MR) is 30.4 cm³/mol. The smallest absolute Gasteiger partial charge is 0.113 e. The third kappa shape index (κ3) is 1.18. The highest BCUT2D eigenvalue weighted by atomic mass is 16.5. The molecule has 1 aliphatic heterocycles. The lowest BCUT2D eigenvalue weighted by atomic mass is 10.2. The summed E-state index contributed by atoms with van der Waals surface area (Å²) >= 11 is 0. The van der Waals surface area contributed by atoms with E-state index in [4.69, 9.17) is 10.5 Å². The van der Waals surface area contributed by atoms with Gasteiger partial charge in [0.05, 0.1) is 6.10 Å². The Morgan fingerprint density at radius 1 is 1.88 bits per heavy atom. The standard InChI is InChI=1S/C5H11N2O/c1-4(6)5-2-7-3-8-5/h4-5H,2-3,6H2,1H3. The van der Waals surface area contributed by atoms with Crippen LogP contribution in [0.25, 0.3) is 0 Å². The highest BCUT2D eigenvalue weighted by Crippen LogP contribution is 2.00. The Balaban J connectivity index is 2.24. The van der Waals surface area contributed by atoms with E-state index in [0.29, 0.717) is 6.73 Å². The van der Waals surface area contributed by atoms with Crippen molar-refractivity contribution in [3.05, 3.63) is 0 Å². The van der Waals surface area contributed by atoms with E-state index in [1.54, 1.807) is 0 Å². The Kier molecular flexibility index (Phi) is 1.83. The van der Waals surface area contributed by atoms with Gasteiger partial charge in [-0.3, -0.25) is 0 Å². The predicted octanol–water partition coefficient (Wildman–Crippen LogP) is -0.706. The fourth-order valence-corrected chi connectivity index (χ4v) is 0.699. The molecule has 2 atom stereocenters. The molecule has 1 fully saturated rings. The molecular formula is C5H11N2O. The van der Waals surface area contributed by atoms with E-state index in [2.05, 4.69) is 5.32 Å². The van der Waals surface area contributed by atoms with E-state index in [1.165, 1.54) is 0 Å². The maximum Gasteiger partial charge on any atom is 0.113 e. The van der Waals surface area contributed by atoms with Crippen LogP contribution in [0.5, 0.6) is 0 Å². The van der Waals surface area contributed by atoms with Crippen molar-refractivity contribution in [2.75, 3.05) is 13.3 Å². The average Bonchev–Trinajstić information content (AvgIpc) is 2.12. The van der Waals surface area contributed by atoms with Gasteiger partial charge in [-0.2, -0.15) is 0 Å². The molecule has 1 rings (SSSR count). The van der Waals surface area contributed by atoms with E-state index < -0.39 is 0 Å². The summed E-state index contributed by atoms with van der Waals surface area (Å²) < 4.78 is 5.12. The third-order valence-corrected chi connectivity index (χ3v) is 1.28. The van der Waals surface area contributed by atoms with E-state index in [-0.39, 0.29) is 12.1 Å². The number of nitrogens with zero attached hydrogens (tertiary/aromatic N) is 1. The molecule has 0 aromatic rings. The van der Waals surface area contributed by atoms with Crippen LogP contribution in [-0.2, 0) is 4.74 Å². The van der Waals surface area contributed by atoms with Crippen molar-refractivity contribution in [2.45, 2.75) is 19.1 Å². The van der Waals surface area contributed by atoms with Crippen LogP contribution >= 0.6 is 0 Å². The second-order valence-electron chi connectivity index (χ2n) is 2.10. The van der Waals surface area contributed by atoms with Crippen LogP contribution in [0.4, 0.5) is 0 Å². The SMILES string of the molecule is CC(N)C1C[N]CO1. The molecule has 8 heavy (non-hydrogen) atoms. The van der Waals surface area contributed by atoms with E-state index in [0.717, 1.165) is 6.54 Å². The first-order chi connectivity index (χ1) is 3.80. The summed E-state index contributed by atoms with van der Waals surface area (Å²) in [4.78, 5) is 0. The zero-order chi connectivity index (χ0) is 5.98. The molecule has 0 bridgehead atoms. The van der Waals surface area contributed by atoms with Gasteiger partial charge in [-0.25, -0.2) is 5.32 Å². The molecule has 2 N–H and O–H groups in total. The first kappa shape index (κ1) is 6.01. The van der Waals surface area contributed by atoms with Gasteiger partial charge in [-0.15, -0.1) is 0 Å². The molecule has 47 valence electrons. The van der Waals surface area contributed by atoms with Crippen molar-refractivity contribution in [2.24, 2.45) is 5.73 Å². The molecule has 1 saturated heterocycles. The van der Waals surface area contributed by atoms with E-state index >= 15 is 0 Å². The minimum atomic E-state index is 0.126. The first-order valence-corrected chi connectivity index (χ1v) is 2.81. The topological polar surface area (TPSA) is 49.4 Å². The van der Waals surface area contributed by atoms with Crippen molar-refractivity contribution >= 4 is 0 Å². The van der Waals surface area contributed by atoms with Crippen molar-refractivity contribution in [1.29, 1.82) is 0 Å². The van der Waals surface area contributed by atoms with Gasteiger partial charge in [0, 0.05) is 12.6 Å². The van der Waals surface area contributed by atoms with Crippen molar-refractivity contribution in [3.63, 3.8) is 0 Å². The van der Waals surface area contributed by atoms with Crippen LogP contribution in [0.1, 0.15) is 6.92 Å². The summed E-state index contributed by atoms with van der Waals surface area (Å²) in [7, 11) is 0. The van der Waals surface area contributed by atoms with Crippen molar-refractivity contribution < 1.29 is 4.74 Å². The van der Waals surface area contributed by atoms with Crippen LogP contribution in [-0.4, -0.2) is 25.4 Å². The van der Waals surface area contributed by atoms with Crippen LogP contribution in [0.15, 0.2) is 0 Å². The molecule has 0 amide bonds. The highest BCUT2D eigenvalue weighted by molar-refractivity contribution is 4.73. The molecule has 0 saturated carbocycles. The van der Waals surface area contributed by atoms with Crippen molar-refractivity contribution in [1.82, 2.24) is 5.32 Å². The number of nitrogens with two attached hydrogens (primary N) is 1. The summed E-state index contributed by atoms with van der Waals surface area (Å²) in [6.07, 6.45) is 0.176. The van der Waals surface area contributed by atoms with Gasteiger partial charge in [0.2, 0.25) is 0 Å². The average molecular weight is 115 g/mol. The molecule has 1 radical (unpaired) electrons. The van der Waals surface area contributed by atoms with Gasteiger partial charge in [0.25, 0.3) is 0 Å². The first-order valence-electron chi connectivity index (χ1n) is 2.81. The Labute approximate surface area is 49.2 Å². The number of rotatable bonds is 1. The van der Waals surface area contributed by atoms with Gasteiger partial charge < -0.3 is 10.5 Å². The minimum absolute atomic E-state index is 0.126. The van der Waals surface area contributed by atoms with Gasteiger partial charge in [-0.05, 0) is 6.92 Å². The molecule has 3 heteroatoms. The van der Waals surface area contributed by atoms with Crippen LogP contribution in [0.3, 0.4) is 0 Å². The number of hydrogen-bond acceptors (Lipinski definition) is 2. The summed E-state index contributed by atoms with van der Waals surface area (Å²) in [5.74, 6) is 0. The Hall–Kier alpha value is -0.120. The van der Waals surface area contributed by atoms with Crippen molar-refractivity contribution in [3.8, 4) is 0 Å². The highest BCUT2D eigenvalue weighted by Gasteiger charge is 2.19. The van der Waals surface area contributed by atoms with Gasteiger partial charge in [0.1, 0.15) is 6.73 Å². The summed E-state index contributed by atoms with van der Waals surface area (Å²) in [6.45, 7) is 3.25. The Bertz CT molecular complexity index is 68.8. The largest absolute Gasteiger partial charge is 0.359 e. The molecule has 0 aromatic heterocycles. The molecule has 3 nitrogen and oxygen atoms in total. The van der Waals surface area contributed by atoms with Gasteiger partial charge in [0.15, 0.2) is 0 Å². The second-order valence-corrected chi connectivity index (χ2v) is 2.10. The number of ether oxygens (including phenoxy) is 1. The fourth-order valence-electron chi connectivity index (χ4n) is 0.699. The Morgan fingerprint density at radius 3 is 2.88 bits per heavy atom. The maximum atomic E-state index is 5.51. The molecule has 0 aliphatic carbocycles. The van der Waals surface area contributed by atoms with Gasteiger partial charge >= 0.3 is 0 Å². The quantitative estimate of drug-likeness (QED) is 0.491. The third-order valence-electron chi connectivity index (χ3n) is 1.28. The van der Waals surface area contributed by atoms with Crippen LogP contribution < -0.4 is 11.1 Å². The lowest BCUT2D eigenvalue weighted by molar-refractivity contribution is 0.0974. The molecule has 1 heterocycles. The lowest BCUT2D eigenvalue weighted by Crippen LogP contribution is -2.33. The molecule has 1 aliphatic rings. The molecule has 0 spiro atoms. The van der Waals surface area contributed by atoms with Crippen LogP contribution in [0.2, 0.25) is 0 Å². The maximum absolute atomic E-state index is 5.51. The molecular weight excluding hydrogens is 104 g/mol. The monoisotopic (exact) mass is 115 g/mol. The van der Waals surface area contributed by atoms with Gasteiger partial charge in [-0.1, -0.05) is 0 Å². The van der Waals surface area contributed by atoms with E-state index in [1.807, 2.05) is 6.92 Å². The fraction of sp³-hybridized carbons (Fsp3) is 1.00. The Morgan fingerprint density at radius 2 is 2.62 bits per heavy atom.